The molecule has 3 atom stereocenters. The number of fused-ring (bicyclic) bond motifs is 1. The van der Waals surface area contributed by atoms with Gasteiger partial charge in [0.25, 0.3) is 0 Å². The summed E-state index contributed by atoms with van der Waals surface area (Å²) < 4.78 is 40.5. The van der Waals surface area contributed by atoms with Gasteiger partial charge in [-0.05, 0) is 42.9 Å². The molecule has 3 rings (SSSR count). The molecule has 1 aromatic carbocycles. The molecule has 1 aliphatic heterocycles. The van der Waals surface area contributed by atoms with E-state index in [0.29, 0.717) is 18.9 Å². The van der Waals surface area contributed by atoms with E-state index in [1.54, 1.807) is 12.1 Å². The second-order valence-corrected chi connectivity index (χ2v) is 6.57. The van der Waals surface area contributed by atoms with Crippen molar-refractivity contribution in [3.63, 3.8) is 0 Å². The van der Waals surface area contributed by atoms with Crippen LogP contribution in [0.1, 0.15) is 37.7 Å². The molecule has 8 heteroatoms. The molecule has 25 heavy (non-hydrogen) atoms. The molecule has 0 aromatic heterocycles. The Hall–Kier alpha value is -1.47. The minimum Gasteiger partial charge on any atom is -0.480 e. The first kappa shape index (κ1) is 19.8. The lowest BCUT2D eigenvalue weighted by Gasteiger charge is -2.33. The molecule has 1 saturated heterocycles. The number of carbonyl (C=O) groups is 1. The van der Waals surface area contributed by atoms with E-state index in [-0.39, 0.29) is 24.2 Å². The molecule has 1 heterocycles. The number of rotatable bonds is 4. The number of hydrogen-bond donors (Lipinski definition) is 1. The van der Waals surface area contributed by atoms with Gasteiger partial charge in [0.2, 0.25) is 0 Å². The summed E-state index contributed by atoms with van der Waals surface area (Å²) in [4.78, 5) is 13.6. The minimum absolute atomic E-state index is 0. The highest BCUT2D eigenvalue weighted by atomic mass is 35.5. The Morgan fingerprint density at radius 3 is 2.44 bits per heavy atom. The number of carboxylic acids is 1. The standard InChI is InChI=1S/C17H20F3NO3.ClH/c18-17(19,20)24-13-7-5-11(6-8-13)10-21-14-4-2-1-3-12(14)9-15(21)16(22)23;/h5-8,12,14-15H,1-4,9-10H2,(H,22,23);1H. The summed E-state index contributed by atoms with van der Waals surface area (Å²) in [6.45, 7) is 0.435. The van der Waals surface area contributed by atoms with Crippen molar-refractivity contribution in [1.82, 2.24) is 4.90 Å². The first-order valence-corrected chi connectivity index (χ1v) is 8.17. The van der Waals surface area contributed by atoms with Crippen molar-refractivity contribution >= 4 is 18.4 Å². The molecule has 2 aliphatic rings. The third kappa shape index (κ3) is 4.79. The highest BCUT2D eigenvalue weighted by Crippen LogP contribution is 2.40. The molecule has 0 bridgehead atoms. The van der Waals surface area contributed by atoms with E-state index in [0.717, 1.165) is 31.2 Å². The maximum Gasteiger partial charge on any atom is 0.573 e. The van der Waals surface area contributed by atoms with E-state index in [1.165, 1.54) is 12.1 Å². The molecular weight excluding hydrogens is 359 g/mol. The van der Waals surface area contributed by atoms with Gasteiger partial charge >= 0.3 is 12.3 Å². The van der Waals surface area contributed by atoms with Gasteiger partial charge in [0.15, 0.2) is 0 Å². The number of ether oxygens (including phenoxy) is 1. The fraction of sp³-hybridized carbons (Fsp3) is 0.588. The summed E-state index contributed by atoms with van der Waals surface area (Å²) in [6.07, 6.45) is 0.246. The Balaban J connectivity index is 0.00000225. The summed E-state index contributed by atoms with van der Waals surface area (Å²) in [6, 6.07) is 5.42. The van der Waals surface area contributed by atoms with Gasteiger partial charge in [-0.1, -0.05) is 25.0 Å². The van der Waals surface area contributed by atoms with E-state index >= 15 is 0 Å². The third-order valence-electron chi connectivity index (χ3n) is 5.03. The van der Waals surface area contributed by atoms with Crippen molar-refractivity contribution in [1.29, 1.82) is 0 Å². The predicted molar refractivity (Wildman–Crippen MR) is 87.7 cm³/mol. The van der Waals surface area contributed by atoms with Crippen LogP contribution in [0.4, 0.5) is 13.2 Å². The molecule has 0 radical (unpaired) electrons. The van der Waals surface area contributed by atoms with Crippen molar-refractivity contribution in [3.8, 4) is 5.75 Å². The van der Waals surface area contributed by atoms with Gasteiger partial charge in [-0.2, -0.15) is 0 Å². The van der Waals surface area contributed by atoms with Gasteiger partial charge in [-0.3, -0.25) is 9.69 Å². The molecule has 140 valence electrons. The Morgan fingerprint density at radius 2 is 1.84 bits per heavy atom. The first-order chi connectivity index (χ1) is 11.3. The maximum atomic E-state index is 12.2. The molecule has 3 unspecified atom stereocenters. The average molecular weight is 380 g/mol. The van der Waals surface area contributed by atoms with Gasteiger partial charge in [0.05, 0.1) is 0 Å². The molecule has 0 spiro atoms. The van der Waals surface area contributed by atoms with Gasteiger partial charge in [-0.25, -0.2) is 0 Å². The highest BCUT2D eigenvalue weighted by molar-refractivity contribution is 5.85. The quantitative estimate of drug-likeness (QED) is 0.850. The third-order valence-corrected chi connectivity index (χ3v) is 5.03. The Morgan fingerprint density at radius 1 is 1.20 bits per heavy atom. The predicted octanol–water partition coefficient (Wildman–Crippen LogP) is 4.22. The largest absolute Gasteiger partial charge is 0.573 e. The summed E-state index contributed by atoms with van der Waals surface area (Å²) in [7, 11) is 0. The topological polar surface area (TPSA) is 49.8 Å². The zero-order chi connectivity index (χ0) is 17.3. The van der Waals surface area contributed by atoms with Gasteiger partial charge in [-0.15, -0.1) is 25.6 Å². The van der Waals surface area contributed by atoms with E-state index in [1.807, 2.05) is 4.90 Å². The van der Waals surface area contributed by atoms with Crippen molar-refractivity contribution < 1.29 is 27.8 Å². The lowest BCUT2D eigenvalue weighted by Crippen LogP contribution is -2.41. The summed E-state index contributed by atoms with van der Waals surface area (Å²) in [5.41, 5.74) is 0.794. The zero-order valence-electron chi connectivity index (χ0n) is 13.5. The number of halogens is 4. The van der Waals surface area contributed by atoms with Crippen molar-refractivity contribution in [2.45, 2.75) is 57.1 Å². The Bertz CT molecular complexity index is 594. The lowest BCUT2D eigenvalue weighted by molar-refractivity contribution is -0.274. The molecule has 1 aliphatic carbocycles. The van der Waals surface area contributed by atoms with Crippen molar-refractivity contribution in [2.75, 3.05) is 0 Å². The molecule has 1 N–H and O–H groups in total. The molecular formula is C17H21ClF3NO3. The van der Waals surface area contributed by atoms with E-state index < -0.39 is 18.4 Å². The van der Waals surface area contributed by atoms with Crippen LogP contribution in [-0.2, 0) is 11.3 Å². The normalized spacial score (nSPS) is 26.6. The minimum atomic E-state index is -4.71. The Kier molecular flexibility index (Phi) is 6.21. The second kappa shape index (κ2) is 7.83. The van der Waals surface area contributed by atoms with E-state index in [2.05, 4.69) is 4.74 Å². The fourth-order valence-corrected chi connectivity index (χ4v) is 4.03. The smallest absolute Gasteiger partial charge is 0.480 e. The molecule has 2 fully saturated rings. The van der Waals surface area contributed by atoms with Gasteiger partial charge < -0.3 is 9.84 Å². The van der Waals surface area contributed by atoms with Crippen LogP contribution in [0.3, 0.4) is 0 Å². The fourth-order valence-electron chi connectivity index (χ4n) is 4.03. The van der Waals surface area contributed by atoms with E-state index in [9.17, 15) is 23.1 Å². The van der Waals surface area contributed by atoms with Crippen LogP contribution in [0.25, 0.3) is 0 Å². The second-order valence-electron chi connectivity index (χ2n) is 6.57. The van der Waals surface area contributed by atoms with Crippen molar-refractivity contribution in [3.05, 3.63) is 29.8 Å². The SMILES string of the molecule is Cl.O=C(O)C1CC2CCCCC2N1Cc1ccc(OC(F)(F)F)cc1. The number of alkyl halides is 3. The number of hydrogen-bond acceptors (Lipinski definition) is 3. The first-order valence-electron chi connectivity index (χ1n) is 8.17. The number of benzene rings is 1. The highest BCUT2D eigenvalue weighted by Gasteiger charge is 2.44. The number of likely N-dealkylation sites (tertiary alicyclic amines) is 1. The van der Waals surface area contributed by atoms with Gasteiger partial charge in [0, 0.05) is 12.6 Å². The number of carboxylic acid groups (broad SMARTS) is 1. The lowest BCUT2D eigenvalue weighted by atomic mass is 9.84. The number of aliphatic carboxylic acids is 1. The van der Waals surface area contributed by atoms with Crippen LogP contribution in [0.5, 0.6) is 5.75 Å². The Labute approximate surface area is 150 Å². The maximum absolute atomic E-state index is 12.2. The molecule has 0 amide bonds. The molecule has 1 aromatic rings. The van der Waals surface area contributed by atoms with E-state index in [4.69, 9.17) is 0 Å². The summed E-state index contributed by atoms with van der Waals surface area (Å²) in [5, 5.41) is 9.49. The average Bonchev–Trinajstić information content (AvgIpc) is 2.87. The molecule has 4 nitrogen and oxygen atoms in total. The molecule has 1 saturated carbocycles. The number of nitrogens with zero attached hydrogens (tertiary/aromatic N) is 1. The van der Waals surface area contributed by atoms with Crippen LogP contribution < -0.4 is 4.74 Å². The van der Waals surface area contributed by atoms with Crippen LogP contribution in [0, 0.1) is 5.92 Å². The summed E-state index contributed by atoms with van der Waals surface area (Å²) >= 11 is 0. The van der Waals surface area contributed by atoms with Gasteiger partial charge in [0.1, 0.15) is 11.8 Å². The van der Waals surface area contributed by atoms with Crippen LogP contribution >= 0.6 is 12.4 Å². The van der Waals surface area contributed by atoms with Crippen LogP contribution in [0.2, 0.25) is 0 Å². The monoisotopic (exact) mass is 379 g/mol. The van der Waals surface area contributed by atoms with Crippen molar-refractivity contribution in [2.24, 2.45) is 5.92 Å². The van der Waals surface area contributed by atoms with Crippen LogP contribution in [-0.4, -0.2) is 34.4 Å². The summed E-state index contributed by atoms with van der Waals surface area (Å²) in [5.74, 6) is -0.674. The zero-order valence-corrected chi connectivity index (χ0v) is 14.4. The van der Waals surface area contributed by atoms with Crippen LogP contribution in [0.15, 0.2) is 24.3 Å².